The molecular weight excluding hydrogens is 306 g/mol. The van der Waals surface area contributed by atoms with Crippen LogP contribution in [0.1, 0.15) is 67.9 Å². The molecule has 134 valence electrons. The summed E-state index contributed by atoms with van der Waals surface area (Å²) in [5.74, 6) is 0.0239. The molecule has 1 amide bonds. The number of fused-ring (bicyclic) bond motifs is 1. The van der Waals surface area contributed by atoms with E-state index in [0.29, 0.717) is 18.8 Å². The summed E-state index contributed by atoms with van der Waals surface area (Å²) in [5, 5.41) is 14.2. The number of aromatic nitrogens is 2. The molecule has 2 aliphatic heterocycles. The number of nitrogens with zero attached hydrogens (tertiary/aromatic N) is 3. The van der Waals surface area contributed by atoms with Gasteiger partial charge in [0.15, 0.2) is 5.69 Å². The summed E-state index contributed by atoms with van der Waals surface area (Å²) in [6.45, 7) is 7.77. The molecule has 2 atom stereocenters. The highest BCUT2D eigenvalue weighted by Crippen LogP contribution is 2.36. The minimum Gasteiger partial charge on any atom is -0.396 e. The molecule has 0 saturated carbocycles. The van der Waals surface area contributed by atoms with Gasteiger partial charge in [-0.05, 0) is 38.5 Å². The van der Waals surface area contributed by atoms with Crippen LogP contribution < -0.4 is 0 Å². The number of likely N-dealkylation sites (tertiary alicyclic amines) is 1. The second-order valence-electron chi connectivity index (χ2n) is 7.43. The zero-order valence-electron chi connectivity index (χ0n) is 15.2. The van der Waals surface area contributed by atoms with Crippen LogP contribution in [0.25, 0.3) is 0 Å². The van der Waals surface area contributed by atoms with Gasteiger partial charge in [0.25, 0.3) is 5.91 Å². The number of piperidine rings is 1. The molecule has 0 aromatic carbocycles. The third kappa shape index (κ3) is 2.86. The fourth-order valence-electron chi connectivity index (χ4n) is 4.17. The van der Waals surface area contributed by atoms with Crippen LogP contribution in [-0.2, 0) is 18.2 Å². The van der Waals surface area contributed by atoms with Crippen molar-refractivity contribution in [3.8, 4) is 0 Å². The summed E-state index contributed by atoms with van der Waals surface area (Å²) in [7, 11) is 1.88. The maximum absolute atomic E-state index is 13.0. The number of hydrogen-bond acceptors (Lipinski definition) is 4. The Balaban J connectivity index is 1.81. The average Bonchev–Trinajstić information content (AvgIpc) is 2.91. The Morgan fingerprint density at radius 1 is 1.38 bits per heavy atom. The lowest BCUT2D eigenvalue weighted by Crippen LogP contribution is -2.44. The topological polar surface area (TPSA) is 67.6 Å². The first-order valence-corrected chi connectivity index (χ1v) is 9.02. The molecule has 0 spiro atoms. The normalized spacial score (nSPS) is 26.3. The predicted molar refractivity (Wildman–Crippen MR) is 90.8 cm³/mol. The third-order valence-electron chi connectivity index (χ3n) is 5.91. The van der Waals surface area contributed by atoms with E-state index in [1.807, 2.05) is 25.8 Å². The summed E-state index contributed by atoms with van der Waals surface area (Å²) in [6, 6.07) is 0. The molecule has 6 nitrogen and oxygen atoms in total. The first-order chi connectivity index (χ1) is 11.4. The van der Waals surface area contributed by atoms with E-state index >= 15 is 0 Å². The highest BCUT2D eigenvalue weighted by Gasteiger charge is 2.37. The molecule has 1 saturated heterocycles. The Morgan fingerprint density at radius 3 is 2.62 bits per heavy atom. The van der Waals surface area contributed by atoms with E-state index in [0.717, 1.165) is 36.9 Å². The van der Waals surface area contributed by atoms with E-state index in [2.05, 4.69) is 12.0 Å². The summed E-state index contributed by atoms with van der Waals surface area (Å²) in [6.07, 6.45) is 3.47. The standard InChI is InChI=1S/C18H29N3O3/c1-5-18(11-22)6-8-21(9-7-18)17(23)15-14-10-12(2)24-13(3)16(14)20(4)19-15/h12-13,22H,5-11H2,1-4H3/t12-,13+/m0/s1. The van der Waals surface area contributed by atoms with Crippen LogP contribution in [-0.4, -0.2) is 51.5 Å². The molecule has 1 aromatic heterocycles. The van der Waals surface area contributed by atoms with Crippen LogP contribution in [0, 0.1) is 5.41 Å². The number of hydrogen-bond donors (Lipinski definition) is 1. The number of amides is 1. The molecule has 0 radical (unpaired) electrons. The molecule has 0 aliphatic carbocycles. The van der Waals surface area contributed by atoms with Crippen LogP contribution in [0.2, 0.25) is 0 Å². The lowest BCUT2D eigenvalue weighted by molar-refractivity contribution is -0.00911. The van der Waals surface area contributed by atoms with Gasteiger partial charge >= 0.3 is 0 Å². The molecule has 0 bridgehead atoms. The van der Waals surface area contributed by atoms with Gasteiger partial charge in [-0.15, -0.1) is 0 Å². The zero-order valence-corrected chi connectivity index (χ0v) is 15.2. The van der Waals surface area contributed by atoms with E-state index in [1.54, 1.807) is 4.68 Å². The first kappa shape index (κ1) is 17.4. The third-order valence-corrected chi connectivity index (χ3v) is 5.91. The van der Waals surface area contributed by atoms with Crippen molar-refractivity contribution < 1.29 is 14.6 Å². The lowest BCUT2D eigenvalue weighted by atomic mass is 9.77. The van der Waals surface area contributed by atoms with Gasteiger partial charge in [-0.2, -0.15) is 5.10 Å². The molecule has 3 rings (SSSR count). The van der Waals surface area contributed by atoms with Gasteiger partial charge in [-0.25, -0.2) is 0 Å². The summed E-state index contributed by atoms with van der Waals surface area (Å²) in [4.78, 5) is 14.9. The minimum absolute atomic E-state index is 0.0167. The van der Waals surface area contributed by atoms with Crippen molar-refractivity contribution >= 4 is 5.91 Å². The number of carbonyl (C=O) groups is 1. The van der Waals surface area contributed by atoms with Gasteiger partial charge in [-0.3, -0.25) is 9.48 Å². The average molecular weight is 335 g/mol. The van der Waals surface area contributed by atoms with Crippen molar-refractivity contribution in [2.24, 2.45) is 12.5 Å². The highest BCUT2D eigenvalue weighted by molar-refractivity contribution is 5.94. The summed E-state index contributed by atoms with van der Waals surface area (Å²) >= 11 is 0. The minimum atomic E-state index is -0.0358. The number of ether oxygens (including phenoxy) is 1. The Labute approximate surface area is 143 Å². The molecule has 1 N–H and O–H groups in total. The second kappa shape index (κ2) is 6.48. The fraction of sp³-hybridized carbons (Fsp3) is 0.778. The first-order valence-electron chi connectivity index (χ1n) is 9.02. The molecule has 1 fully saturated rings. The molecule has 24 heavy (non-hydrogen) atoms. The Bertz CT molecular complexity index is 611. The van der Waals surface area contributed by atoms with E-state index < -0.39 is 0 Å². The van der Waals surface area contributed by atoms with Crippen molar-refractivity contribution in [3.63, 3.8) is 0 Å². The molecule has 6 heteroatoms. The fourth-order valence-corrected chi connectivity index (χ4v) is 4.17. The van der Waals surface area contributed by atoms with E-state index in [1.165, 1.54) is 0 Å². The maximum Gasteiger partial charge on any atom is 0.274 e. The van der Waals surface area contributed by atoms with Crippen molar-refractivity contribution in [2.45, 2.75) is 58.7 Å². The molecule has 0 unspecified atom stereocenters. The number of aryl methyl sites for hydroxylation is 1. The smallest absolute Gasteiger partial charge is 0.274 e. The monoisotopic (exact) mass is 335 g/mol. The highest BCUT2D eigenvalue weighted by atomic mass is 16.5. The van der Waals surface area contributed by atoms with Gasteiger partial charge < -0.3 is 14.7 Å². The Morgan fingerprint density at radius 2 is 2.04 bits per heavy atom. The number of carbonyl (C=O) groups excluding carboxylic acids is 1. The van der Waals surface area contributed by atoms with Crippen molar-refractivity contribution in [3.05, 3.63) is 17.0 Å². The Kier molecular flexibility index (Phi) is 4.71. The van der Waals surface area contributed by atoms with E-state index in [9.17, 15) is 9.90 Å². The number of aliphatic hydroxyl groups excluding tert-OH is 1. The van der Waals surface area contributed by atoms with Crippen molar-refractivity contribution in [2.75, 3.05) is 19.7 Å². The van der Waals surface area contributed by atoms with Gasteiger partial charge in [-0.1, -0.05) is 6.92 Å². The summed E-state index contributed by atoms with van der Waals surface area (Å²) < 4.78 is 7.67. The zero-order chi connectivity index (χ0) is 17.5. The maximum atomic E-state index is 13.0. The predicted octanol–water partition coefficient (Wildman–Crippen LogP) is 2.07. The summed E-state index contributed by atoms with van der Waals surface area (Å²) in [5.41, 5.74) is 2.63. The lowest BCUT2D eigenvalue weighted by Gasteiger charge is -2.40. The van der Waals surface area contributed by atoms with Crippen LogP contribution in [0.4, 0.5) is 0 Å². The van der Waals surface area contributed by atoms with E-state index in [4.69, 9.17) is 4.74 Å². The number of aliphatic hydroxyl groups is 1. The van der Waals surface area contributed by atoms with Crippen LogP contribution >= 0.6 is 0 Å². The molecule has 3 heterocycles. The van der Waals surface area contributed by atoms with Crippen LogP contribution in [0.3, 0.4) is 0 Å². The van der Waals surface area contributed by atoms with Gasteiger partial charge in [0.1, 0.15) is 0 Å². The van der Waals surface area contributed by atoms with Crippen LogP contribution in [0.15, 0.2) is 0 Å². The van der Waals surface area contributed by atoms with E-state index in [-0.39, 0.29) is 30.1 Å². The number of rotatable bonds is 3. The largest absolute Gasteiger partial charge is 0.396 e. The molecular formula is C18H29N3O3. The molecule has 1 aromatic rings. The second-order valence-corrected chi connectivity index (χ2v) is 7.43. The van der Waals surface area contributed by atoms with Crippen LogP contribution in [0.5, 0.6) is 0 Å². The SMILES string of the molecule is CCC1(CO)CCN(C(=O)c2nn(C)c3c2C[C@H](C)O[C@@H]3C)CC1. The molecule has 2 aliphatic rings. The van der Waals surface area contributed by atoms with Gasteiger partial charge in [0.05, 0.1) is 17.9 Å². The van der Waals surface area contributed by atoms with Gasteiger partial charge in [0.2, 0.25) is 0 Å². The van der Waals surface area contributed by atoms with Crippen molar-refractivity contribution in [1.82, 2.24) is 14.7 Å². The quantitative estimate of drug-likeness (QED) is 0.918. The van der Waals surface area contributed by atoms with Gasteiger partial charge in [0, 0.05) is 38.7 Å². The Hall–Kier alpha value is -1.40. The van der Waals surface area contributed by atoms with Crippen molar-refractivity contribution in [1.29, 1.82) is 0 Å².